The number of nitrogens with one attached hydrogen (secondary N) is 1. The molecule has 0 fully saturated rings. The molecule has 0 bridgehead atoms. The van der Waals surface area contributed by atoms with E-state index in [2.05, 4.69) is 5.43 Å². The summed E-state index contributed by atoms with van der Waals surface area (Å²) in [6.07, 6.45) is 0. The molecule has 0 heterocycles. The van der Waals surface area contributed by atoms with E-state index in [0.717, 1.165) is 6.54 Å². The lowest BCUT2D eigenvalue weighted by molar-refractivity contribution is -0.127. The van der Waals surface area contributed by atoms with Crippen molar-refractivity contribution in [3.8, 4) is 0 Å². The first kappa shape index (κ1) is 13.7. The molecule has 4 nitrogen and oxygen atoms in total. The number of nitrogens with two attached hydrogens (primary N) is 1. The maximum Gasteiger partial charge on any atom is 0.251 e. The lowest BCUT2D eigenvalue weighted by Crippen LogP contribution is -2.50. The Labute approximate surface area is 103 Å². The highest BCUT2D eigenvalue weighted by Gasteiger charge is 2.25. The van der Waals surface area contributed by atoms with Crippen LogP contribution in [0.4, 0.5) is 0 Å². The second kappa shape index (κ2) is 6.37. The molecular formula is C13H21N3O. The second-order valence-corrected chi connectivity index (χ2v) is 4.60. The third kappa shape index (κ3) is 3.84. The Balaban J connectivity index is 2.72. The van der Waals surface area contributed by atoms with E-state index in [9.17, 15) is 4.79 Å². The number of carbonyl (C=O) groups excluding carboxylic acids is 1. The second-order valence-electron chi connectivity index (χ2n) is 4.60. The minimum Gasteiger partial charge on any atom is -0.293 e. The molecule has 0 saturated heterocycles. The van der Waals surface area contributed by atoms with Crippen molar-refractivity contribution in [3.63, 3.8) is 0 Å². The van der Waals surface area contributed by atoms with Crippen LogP contribution in [0.25, 0.3) is 0 Å². The Hall–Kier alpha value is -1.39. The number of nitrogens with zero attached hydrogens (tertiary/aromatic N) is 1. The van der Waals surface area contributed by atoms with E-state index in [1.165, 1.54) is 5.56 Å². The fraction of sp³-hybridized carbons (Fsp3) is 0.462. The van der Waals surface area contributed by atoms with Gasteiger partial charge in [0.2, 0.25) is 0 Å². The van der Waals surface area contributed by atoms with Gasteiger partial charge >= 0.3 is 0 Å². The smallest absolute Gasteiger partial charge is 0.251 e. The summed E-state index contributed by atoms with van der Waals surface area (Å²) < 4.78 is 0. The van der Waals surface area contributed by atoms with Crippen LogP contribution in [0, 0.1) is 5.92 Å². The van der Waals surface area contributed by atoms with Crippen LogP contribution >= 0.6 is 0 Å². The van der Waals surface area contributed by atoms with Crippen LogP contribution in [0.1, 0.15) is 19.4 Å². The van der Waals surface area contributed by atoms with Gasteiger partial charge in [-0.15, -0.1) is 0 Å². The van der Waals surface area contributed by atoms with Gasteiger partial charge in [-0.2, -0.15) is 0 Å². The molecule has 1 aromatic rings. The number of benzene rings is 1. The third-order valence-corrected chi connectivity index (χ3v) is 2.79. The molecule has 0 aliphatic carbocycles. The number of carbonyl (C=O) groups is 1. The summed E-state index contributed by atoms with van der Waals surface area (Å²) in [4.78, 5) is 13.7. The van der Waals surface area contributed by atoms with Crippen LogP contribution in [0.2, 0.25) is 0 Å². The largest absolute Gasteiger partial charge is 0.293 e. The molecule has 1 rings (SSSR count). The van der Waals surface area contributed by atoms with E-state index < -0.39 is 0 Å². The lowest BCUT2D eigenvalue weighted by atomic mass is 10.0. The number of amides is 1. The van der Waals surface area contributed by atoms with E-state index >= 15 is 0 Å². The van der Waals surface area contributed by atoms with Gasteiger partial charge in [-0.05, 0) is 18.5 Å². The molecule has 17 heavy (non-hydrogen) atoms. The van der Waals surface area contributed by atoms with Crippen molar-refractivity contribution in [2.75, 3.05) is 7.05 Å². The van der Waals surface area contributed by atoms with Gasteiger partial charge in [0.15, 0.2) is 0 Å². The van der Waals surface area contributed by atoms with E-state index in [1.54, 1.807) is 0 Å². The van der Waals surface area contributed by atoms with Gasteiger partial charge in [-0.3, -0.25) is 15.1 Å². The van der Waals surface area contributed by atoms with Crippen LogP contribution in [0.5, 0.6) is 0 Å². The topological polar surface area (TPSA) is 58.4 Å². The molecule has 0 saturated carbocycles. The third-order valence-electron chi connectivity index (χ3n) is 2.79. The molecule has 0 aliphatic heterocycles. The fourth-order valence-electron chi connectivity index (χ4n) is 2.07. The zero-order valence-electron chi connectivity index (χ0n) is 10.7. The Morgan fingerprint density at radius 3 is 2.41 bits per heavy atom. The minimum absolute atomic E-state index is 0.140. The van der Waals surface area contributed by atoms with Crippen LogP contribution in [0.15, 0.2) is 30.3 Å². The summed E-state index contributed by atoms with van der Waals surface area (Å²) in [5, 5.41) is 0. The lowest BCUT2D eigenvalue weighted by Gasteiger charge is -2.29. The van der Waals surface area contributed by atoms with Gasteiger partial charge in [-0.1, -0.05) is 44.2 Å². The van der Waals surface area contributed by atoms with E-state index in [-0.39, 0.29) is 17.9 Å². The molecule has 1 aromatic carbocycles. The van der Waals surface area contributed by atoms with Gasteiger partial charge in [0.25, 0.3) is 5.91 Å². The average Bonchev–Trinajstić information content (AvgIpc) is 2.29. The van der Waals surface area contributed by atoms with Crippen LogP contribution in [-0.2, 0) is 11.3 Å². The van der Waals surface area contributed by atoms with Gasteiger partial charge in [0.05, 0.1) is 6.04 Å². The summed E-state index contributed by atoms with van der Waals surface area (Å²) in [5.41, 5.74) is 3.42. The fourth-order valence-corrected chi connectivity index (χ4v) is 2.07. The maximum atomic E-state index is 11.7. The highest BCUT2D eigenvalue weighted by molar-refractivity contribution is 5.81. The van der Waals surface area contributed by atoms with E-state index in [0.29, 0.717) is 0 Å². The van der Waals surface area contributed by atoms with E-state index in [1.807, 2.05) is 56.1 Å². The highest BCUT2D eigenvalue weighted by Crippen LogP contribution is 2.12. The van der Waals surface area contributed by atoms with E-state index in [4.69, 9.17) is 5.84 Å². The molecule has 4 heteroatoms. The molecule has 1 amide bonds. The molecule has 0 radical (unpaired) electrons. The molecule has 0 spiro atoms. The highest BCUT2D eigenvalue weighted by atomic mass is 16.2. The first-order valence-corrected chi connectivity index (χ1v) is 5.81. The Kier molecular flexibility index (Phi) is 5.12. The first-order valence-electron chi connectivity index (χ1n) is 5.81. The quantitative estimate of drug-likeness (QED) is 0.457. The van der Waals surface area contributed by atoms with Gasteiger partial charge in [-0.25, -0.2) is 5.84 Å². The molecule has 3 N–H and O–H groups in total. The zero-order chi connectivity index (χ0) is 12.8. The van der Waals surface area contributed by atoms with Crippen molar-refractivity contribution in [1.82, 2.24) is 10.3 Å². The first-order chi connectivity index (χ1) is 8.06. The maximum absolute atomic E-state index is 11.7. The Morgan fingerprint density at radius 1 is 1.35 bits per heavy atom. The van der Waals surface area contributed by atoms with Crippen LogP contribution in [0.3, 0.4) is 0 Å². The monoisotopic (exact) mass is 235 g/mol. The molecule has 0 aromatic heterocycles. The molecule has 0 aliphatic rings. The van der Waals surface area contributed by atoms with Crippen molar-refractivity contribution in [1.29, 1.82) is 0 Å². The summed E-state index contributed by atoms with van der Waals surface area (Å²) in [6, 6.07) is 9.87. The van der Waals surface area contributed by atoms with Crippen molar-refractivity contribution < 1.29 is 4.79 Å². The number of hydrazine groups is 1. The van der Waals surface area contributed by atoms with Crippen LogP contribution in [-0.4, -0.2) is 23.9 Å². The number of likely N-dealkylation sites (N-methyl/N-ethyl adjacent to an activating group) is 1. The number of hydrogen-bond acceptors (Lipinski definition) is 3. The molecule has 94 valence electrons. The van der Waals surface area contributed by atoms with Gasteiger partial charge in [0, 0.05) is 6.54 Å². The standard InChI is InChI=1S/C13H21N3O/c1-10(2)12(13(17)15-14)16(3)9-11-7-5-4-6-8-11/h4-8,10,12H,9,14H2,1-3H3,(H,15,17). The van der Waals surface area contributed by atoms with Crippen molar-refractivity contribution >= 4 is 5.91 Å². The average molecular weight is 235 g/mol. The molecular weight excluding hydrogens is 214 g/mol. The number of hydrogen-bond donors (Lipinski definition) is 2. The summed E-state index contributed by atoms with van der Waals surface area (Å²) in [5.74, 6) is 5.29. The number of rotatable bonds is 5. The molecule has 1 unspecified atom stereocenters. The minimum atomic E-state index is -0.208. The van der Waals surface area contributed by atoms with Gasteiger partial charge < -0.3 is 0 Å². The Bertz CT molecular complexity index is 351. The summed E-state index contributed by atoms with van der Waals surface area (Å²) in [6.45, 7) is 4.76. The Morgan fingerprint density at radius 2 is 1.94 bits per heavy atom. The predicted octanol–water partition coefficient (Wildman–Crippen LogP) is 1.13. The predicted molar refractivity (Wildman–Crippen MR) is 68.9 cm³/mol. The SMILES string of the molecule is CC(C)C(C(=O)NN)N(C)Cc1ccccc1. The molecule has 1 atom stereocenters. The zero-order valence-corrected chi connectivity index (χ0v) is 10.7. The van der Waals surface area contributed by atoms with Gasteiger partial charge in [0.1, 0.15) is 0 Å². The van der Waals surface area contributed by atoms with Crippen LogP contribution < -0.4 is 11.3 Å². The normalized spacial score (nSPS) is 12.8. The van der Waals surface area contributed by atoms with Crippen molar-refractivity contribution in [2.45, 2.75) is 26.4 Å². The van der Waals surface area contributed by atoms with Crippen molar-refractivity contribution in [3.05, 3.63) is 35.9 Å². The summed E-state index contributed by atoms with van der Waals surface area (Å²) >= 11 is 0. The van der Waals surface area contributed by atoms with Crippen molar-refractivity contribution in [2.24, 2.45) is 11.8 Å². The summed E-state index contributed by atoms with van der Waals surface area (Å²) in [7, 11) is 1.94.